The number of rotatable bonds is 3. The van der Waals surface area contributed by atoms with Crippen LogP contribution >= 0.6 is 0 Å². The lowest BCUT2D eigenvalue weighted by Gasteiger charge is -2.28. The van der Waals surface area contributed by atoms with Crippen LogP contribution in [0.25, 0.3) is 11.3 Å². The second-order valence-corrected chi connectivity index (χ2v) is 6.72. The minimum atomic E-state index is -0.295. The molecular weight excluding hydrogens is 345 g/mol. The highest BCUT2D eigenvalue weighted by molar-refractivity contribution is 5.94. The Morgan fingerprint density at radius 1 is 1.07 bits per heavy atom. The van der Waals surface area contributed by atoms with Gasteiger partial charge in [-0.25, -0.2) is 4.39 Å². The molecule has 1 unspecified atom stereocenters. The molecule has 1 aliphatic heterocycles. The molecule has 0 spiro atoms. The number of nitrogens with zero attached hydrogens (tertiary/aromatic N) is 3. The maximum absolute atomic E-state index is 13.2. The van der Waals surface area contributed by atoms with Crippen LogP contribution < -0.4 is 0 Å². The summed E-state index contributed by atoms with van der Waals surface area (Å²) in [6, 6.07) is 11.3. The van der Waals surface area contributed by atoms with Crippen molar-refractivity contribution in [1.29, 1.82) is 0 Å². The van der Waals surface area contributed by atoms with Crippen molar-refractivity contribution in [1.82, 2.24) is 15.0 Å². The van der Waals surface area contributed by atoms with Crippen molar-refractivity contribution >= 4 is 5.91 Å². The zero-order chi connectivity index (χ0) is 18.6. The van der Waals surface area contributed by atoms with E-state index >= 15 is 0 Å². The van der Waals surface area contributed by atoms with Crippen molar-refractivity contribution < 1.29 is 13.7 Å². The first-order valence-electron chi connectivity index (χ1n) is 9.16. The summed E-state index contributed by atoms with van der Waals surface area (Å²) in [5.41, 5.74) is 2.12. The third kappa shape index (κ3) is 3.74. The predicted octanol–water partition coefficient (Wildman–Crippen LogP) is 4.63. The van der Waals surface area contributed by atoms with Crippen LogP contribution in [0.2, 0.25) is 0 Å². The molecule has 0 radical (unpaired) electrons. The van der Waals surface area contributed by atoms with Gasteiger partial charge in [0.05, 0.1) is 6.04 Å². The van der Waals surface area contributed by atoms with Crippen molar-refractivity contribution in [2.75, 3.05) is 6.54 Å². The van der Waals surface area contributed by atoms with E-state index in [1.54, 1.807) is 36.7 Å². The molecule has 2 aromatic heterocycles. The Morgan fingerprint density at radius 2 is 1.85 bits per heavy atom. The Bertz CT molecular complexity index is 909. The second kappa shape index (κ2) is 7.70. The molecule has 27 heavy (non-hydrogen) atoms. The first-order valence-corrected chi connectivity index (χ1v) is 9.16. The Kier molecular flexibility index (Phi) is 4.96. The molecule has 1 fully saturated rings. The van der Waals surface area contributed by atoms with Gasteiger partial charge in [-0.15, -0.1) is 0 Å². The molecule has 0 N–H and O–H groups in total. The number of amides is 1. The number of carbonyl (C=O) groups is 1. The molecule has 0 aliphatic carbocycles. The zero-order valence-corrected chi connectivity index (χ0v) is 14.8. The van der Waals surface area contributed by atoms with Crippen LogP contribution in [-0.2, 0) is 0 Å². The third-order valence-corrected chi connectivity index (χ3v) is 4.94. The molecule has 1 atom stereocenters. The Morgan fingerprint density at radius 3 is 2.63 bits per heavy atom. The van der Waals surface area contributed by atoms with E-state index in [9.17, 15) is 9.18 Å². The molecule has 5 nitrogen and oxygen atoms in total. The zero-order valence-electron chi connectivity index (χ0n) is 14.8. The van der Waals surface area contributed by atoms with Crippen LogP contribution in [0.4, 0.5) is 4.39 Å². The number of hydrogen-bond donors (Lipinski definition) is 0. The molecule has 1 saturated heterocycles. The SMILES string of the molecule is O=C(c1ccncc1)N1CCCCCC1c1cc(-c2ccc(F)cc2)on1. The van der Waals surface area contributed by atoms with Crippen molar-refractivity contribution in [3.05, 3.63) is 71.9 Å². The summed E-state index contributed by atoms with van der Waals surface area (Å²) >= 11 is 0. The molecular formula is C21H20FN3O2. The summed E-state index contributed by atoms with van der Waals surface area (Å²) in [5, 5.41) is 4.23. The first kappa shape index (κ1) is 17.4. The van der Waals surface area contributed by atoms with Gasteiger partial charge in [0, 0.05) is 36.1 Å². The lowest BCUT2D eigenvalue weighted by molar-refractivity contribution is 0.0674. The van der Waals surface area contributed by atoms with E-state index in [0.29, 0.717) is 17.9 Å². The molecule has 1 amide bonds. The number of pyridine rings is 1. The van der Waals surface area contributed by atoms with Gasteiger partial charge in [-0.3, -0.25) is 9.78 Å². The third-order valence-electron chi connectivity index (χ3n) is 4.94. The van der Waals surface area contributed by atoms with Crippen molar-refractivity contribution in [2.45, 2.75) is 31.7 Å². The van der Waals surface area contributed by atoms with E-state index in [2.05, 4.69) is 10.1 Å². The fraction of sp³-hybridized carbons (Fsp3) is 0.286. The largest absolute Gasteiger partial charge is 0.356 e. The highest BCUT2D eigenvalue weighted by atomic mass is 19.1. The van der Waals surface area contributed by atoms with Crippen molar-refractivity contribution in [3.8, 4) is 11.3 Å². The number of carbonyl (C=O) groups excluding carboxylic acids is 1. The average molecular weight is 365 g/mol. The van der Waals surface area contributed by atoms with Crippen LogP contribution in [-0.4, -0.2) is 27.5 Å². The smallest absolute Gasteiger partial charge is 0.254 e. The summed E-state index contributed by atoms with van der Waals surface area (Å²) in [4.78, 5) is 18.9. The van der Waals surface area contributed by atoms with Gasteiger partial charge in [0.1, 0.15) is 11.5 Å². The fourth-order valence-corrected chi connectivity index (χ4v) is 3.52. The van der Waals surface area contributed by atoms with Crippen LogP contribution in [0.5, 0.6) is 0 Å². The van der Waals surface area contributed by atoms with E-state index in [1.807, 2.05) is 11.0 Å². The molecule has 1 aromatic carbocycles. The molecule has 1 aliphatic rings. The standard InChI is InChI=1S/C21H20FN3O2/c22-17-7-5-15(6-8-17)20-14-18(24-27-20)19-4-2-1-3-13-25(19)21(26)16-9-11-23-12-10-16/h5-12,14,19H,1-4,13H2. The number of likely N-dealkylation sites (tertiary alicyclic amines) is 1. The Balaban J connectivity index is 1.63. The van der Waals surface area contributed by atoms with E-state index < -0.39 is 0 Å². The monoisotopic (exact) mass is 365 g/mol. The lowest BCUT2D eigenvalue weighted by atomic mass is 10.0. The van der Waals surface area contributed by atoms with Gasteiger partial charge in [-0.1, -0.05) is 18.0 Å². The molecule has 0 saturated carbocycles. The van der Waals surface area contributed by atoms with Gasteiger partial charge >= 0.3 is 0 Å². The van der Waals surface area contributed by atoms with Gasteiger partial charge in [-0.05, 0) is 49.2 Å². The van der Waals surface area contributed by atoms with Gasteiger partial charge in [-0.2, -0.15) is 0 Å². The average Bonchev–Trinajstić information content (AvgIpc) is 3.06. The lowest BCUT2D eigenvalue weighted by Crippen LogP contribution is -2.35. The van der Waals surface area contributed by atoms with Gasteiger partial charge in [0.2, 0.25) is 0 Å². The maximum atomic E-state index is 13.2. The van der Waals surface area contributed by atoms with Crippen LogP contribution in [0.1, 0.15) is 47.8 Å². The summed E-state index contributed by atoms with van der Waals surface area (Å²) in [6.45, 7) is 0.685. The molecule has 3 aromatic rings. The van der Waals surface area contributed by atoms with Gasteiger partial charge in [0.25, 0.3) is 5.91 Å². The van der Waals surface area contributed by atoms with E-state index in [-0.39, 0.29) is 17.8 Å². The maximum Gasteiger partial charge on any atom is 0.254 e. The molecule has 4 rings (SSSR count). The van der Waals surface area contributed by atoms with Crippen LogP contribution in [0.3, 0.4) is 0 Å². The summed E-state index contributed by atoms with van der Waals surface area (Å²) in [7, 11) is 0. The van der Waals surface area contributed by atoms with E-state index in [1.165, 1.54) is 12.1 Å². The summed E-state index contributed by atoms with van der Waals surface area (Å²) < 4.78 is 18.6. The molecule has 0 bridgehead atoms. The number of halogens is 1. The highest BCUT2D eigenvalue weighted by Gasteiger charge is 2.30. The summed E-state index contributed by atoms with van der Waals surface area (Å²) in [5.74, 6) is 0.262. The van der Waals surface area contributed by atoms with Crippen molar-refractivity contribution in [3.63, 3.8) is 0 Å². The minimum absolute atomic E-state index is 0.0179. The minimum Gasteiger partial charge on any atom is -0.356 e. The van der Waals surface area contributed by atoms with Gasteiger partial charge in [0.15, 0.2) is 5.76 Å². The Labute approximate surface area is 156 Å². The molecule has 6 heteroatoms. The number of benzene rings is 1. The first-order chi connectivity index (χ1) is 13.2. The second-order valence-electron chi connectivity index (χ2n) is 6.72. The number of aromatic nitrogens is 2. The van der Waals surface area contributed by atoms with Crippen LogP contribution in [0, 0.1) is 5.82 Å². The Hall–Kier alpha value is -3.02. The predicted molar refractivity (Wildman–Crippen MR) is 98.4 cm³/mol. The van der Waals surface area contributed by atoms with Crippen molar-refractivity contribution in [2.24, 2.45) is 0 Å². The number of hydrogen-bond acceptors (Lipinski definition) is 4. The van der Waals surface area contributed by atoms with E-state index in [4.69, 9.17) is 4.52 Å². The molecule has 138 valence electrons. The molecule has 3 heterocycles. The normalized spacial score (nSPS) is 17.5. The van der Waals surface area contributed by atoms with Crippen LogP contribution in [0.15, 0.2) is 59.4 Å². The summed E-state index contributed by atoms with van der Waals surface area (Å²) in [6.07, 6.45) is 7.18. The topological polar surface area (TPSA) is 59.2 Å². The van der Waals surface area contributed by atoms with Gasteiger partial charge < -0.3 is 9.42 Å². The highest BCUT2D eigenvalue weighted by Crippen LogP contribution is 2.33. The quantitative estimate of drug-likeness (QED) is 0.679. The fourth-order valence-electron chi connectivity index (χ4n) is 3.52. The van der Waals surface area contributed by atoms with E-state index in [0.717, 1.165) is 36.9 Å².